The van der Waals surface area contributed by atoms with Crippen LogP contribution in [-0.2, 0) is 13.6 Å². The molecule has 0 spiro atoms. The van der Waals surface area contributed by atoms with E-state index in [2.05, 4.69) is 36.4 Å². The molecule has 1 aliphatic rings. The number of rotatable bonds is 4. The molecular formula is C16H21N3O2. The summed E-state index contributed by atoms with van der Waals surface area (Å²) in [6.07, 6.45) is 1.92. The zero-order chi connectivity index (χ0) is 14.8. The maximum absolute atomic E-state index is 5.63. The molecule has 0 saturated carbocycles. The van der Waals surface area contributed by atoms with Crippen molar-refractivity contribution in [3.8, 4) is 11.5 Å². The molecule has 1 aromatic heterocycles. The molecule has 1 aromatic carbocycles. The summed E-state index contributed by atoms with van der Waals surface area (Å²) in [5, 5.41) is 7.79. The summed E-state index contributed by atoms with van der Waals surface area (Å²) in [6.45, 7) is 6.28. The van der Waals surface area contributed by atoms with Crippen LogP contribution >= 0.6 is 0 Å². The first-order chi connectivity index (χ1) is 10.1. The lowest BCUT2D eigenvalue weighted by Gasteiger charge is -2.21. The third kappa shape index (κ3) is 2.88. The fourth-order valence-corrected chi connectivity index (χ4v) is 2.43. The maximum atomic E-state index is 5.63. The third-order valence-electron chi connectivity index (χ3n) is 4.00. The average molecular weight is 287 g/mol. The van der Waals surface area contributed by atoms with E-state index in [0.29, 0.717) is 13.2 Å². The summed E-state index contributed by atoms with van der Waals surface area (Å²) in [5.74, 6) is 1.67. The van der Waals surface area contributed by atoms with Crippen molar-refractivity contribution in [1.29, 1.82) is 0 Å². The van der Waals surface area contributed by atoms with Crippen LogP contribution in [0.3, 0.4) is 0 Å². The molecule has 0 saturated heterocycles. The van der Waals surface area contributed by atoms with Crippen LogP contribution in [0.4, 0.5) is 0 Å². The molecule has 0 fully saturated rings. The highest BCUT2D eigenvalue weighted by Gasteiger charge is 2.14. The van der Waals surface area contributed by atoms with Crippen LogP contribution in [-0.4, -0.2) is 23.0 Å². The molecular weight excluding hydrogens is 266 g/mol. The third-order valence-corrected chi connectivity index (χ3v) is 4.00. The van der Waals surface area contributed by atoms with Crippen molar-refractivity contribution in [1.82, 2.24) is 15.1 Å². The Bertz CT molecular complexity index is 636. The summed E-state index contributed by atoms with van der Waals surface area (Å²) >= 11 is 0. The van der Waals surface area contributed by atoms with Gasteiger partial charge in [0.15, 0.2) is 11.5 Å². The number of nitrogens with zero attached hydrogens (tertiary/aromatic N) is 2. The molecule has 21 heavy (non-hydrogen) atoms. The molecule has 5 nitrogen and oxygen atoms in total. The number of hydrogen-bond donors (Lipinski definition) is 1. The predicted molar refractivity (Wildman–Crippen MR) is 80.6 cm³/mol. The quantitative estimate of drug-likeness (QED) is 0.938. The number of nitrogens with one attached hydrogen (secondary N) is 1. The number of aryl methyl sites for hydroxylation is 1. The molecule has 0 radical (unpaired) electrons. The van der Waals surface area contributed by atoms with Crippen molar-refractivity contribution in [2.75, 3.05) is 13.2 Å². The molecule has 5 heteroatoms. The van der Waals surface area contributed by atoms with Gasteiger partial charge in [-0.3, -0.25) is 4.68 Å². The minimum atomic E-state index is 0.237. The minimum Gasteiger partial charge on any atom is -0.486 e. The van der Waals surface area contributed by atoms with Gasteiger partial charge >= 0.3 is 0 Å². The average Bonchev–Trinajstić information content (AvgIpc) is 2.84. The molecule has 1 aliphatic heterocycles. The molecule has 0 bridgehead atoms. The summed E-state index contributed by atoms with van der Waals surface area (Å²) in [5.41, 5.74) is 3.61. The van der Waals surface area contributed by atoms with E-state index in [1.807, 2.05) is 24.0 Å². The zero-order valence-electron chi connectivity index (χ0n) is 12.7. The van der Waals surface area contributed by atoms with Crippen LogP contribution in [0.15, 0.2) is 24.4 Å². The van der Waals surface area contributed by atoms with E-state index in [4.69, 9.17) is 9.47 Å². The van der Waals surface area contributed by atoms with Crippen LogP contribution in [0.25, 0.3) is 0 Å². The maximum Gasteiger partial charge on any atom is 0.161 e. The monoisotopic (exact) mass is 287 g/mol. The van der Waals surface area contributed by atoms with Gasteiger partial charge in [0.1, 0.15) is 13.2 Å². The summed E-state index contributed by atoms with van der Waals surface area (Å²) < 4.78 is 13.1. The van der Waals surface area contributed by atoms with Crippen LogP contribution in [0, 0.1) is 6.92 Å². The molecule has 1 unspecified atom stereocenters. The highest BCUT2D eigenvalue weighted by Crippen LogP contribution is 2.32. The topological polar surface area (TPSA) is 48.3 Å². The Labute approximate surface area is 124 Å². The van der Waals surface area contributed by atoms with E-state index in [0.717, 1.165) is 18.0 Å². The Morgan fingerprint density at radius 2 is 2.05 bits per heavy atom. The molecule has 0 amide bonds. The molecule has 1 N–H and O–H groups in total. The Kier molecular flexibility index (Phi) is 3.84. The van der Waals surface area contributed by atoms with E-state index < -0.39 is 0 Å². The second kappa shape index (κ2) is 5.77. The van der Waals surface area contributed by atoms with Gasteiger partial charge in [-0.1, -0.05) is 6.07 Å². The molecule has 112 valence electrons. The van der Waals surface area contributed by atoms with E-state index >= 15 is 0 Å². The Morgan fingerprint density at radius 3 is 2.76 bits per heavy atom. The zero-order valence-corrected chi connectivity index (χ0v) is 12.7. The highest BCUT2D eigenvalue weighted by molar-refractivity contribution is 5.44. The van der Waals surface area contributed by atoms with Gasteiger partial charge in [-0.15, -0.1) is 0 Å². The van der Waals surface area contributed by atoms with Crippen LogP contribution in [0.1, 0.15) is 29.8 Å². The number of hydrogen-bond acceptors (Lipinski definition) is 4. The number of ether oxygens (including phenoxy) is 2. The standard InChI is InChI=1S/C16H21N3O2/c1-11(17-9-14-10-18-19(3)12(14)2)13-4-5-15-16(8-13)21-7-6-20-15/h4-5,8,10-11,17H,6-7,9H2,1-3H3. The normalized spacial score (nSPS) is 15.0. The van der Waals surface area contributed by atoms with Crippen molar-refractivity contribution in [3.05, 3.63) is 41.2 Å². The lowest BCUT2D eigenvalue weighted by atomic mass is 10.1. The predicted octanol–water partition coefficient (Wildman–Crippen LogP) is 2.35. The lowest BCUT2D eigenvalue weighted by molar-refractivity contribution is 0.171. The summed E-state index contributed by atoms with van der Waals surface area (Å²) in [6, 6.07) is 6.36. The first kappa shape index (κ1) is 13.9. The second-order valence-electron chi connectivity index (χ2n) is 5.38. The fourth-order valence-electron chi connectivity index (χ4n) is 2.43. The van der Waals surface area contributed by atoms with Gasteiger partial charge in [0.25, 0.3) is 0 Å². The SMILES string of the molecule is Cc1c(CNC(C)c2ccc3c(c2)OCCO3)cnn1C. The van der Waals surface area contributed by atoms with Gasteiger partial charge in [0, 0.05) is 30.9 Å². The lowest BCUT2D eigenvalue weighted by Crippen LogP contribution is -2.20. The van der Waals surface area contributed by atoms with Gasteiger partial charge in [0.2, 0.25) is 0 Å². The first-order valence-corrected chi connectivity index (χ1v) is 7.25. The smallest absolute Gasteiger partial charge is 0.161 e. The van der Waals surface area contributed by atoms with Crippen LogP contribution in [0.2, 0.25) is 0 Å². The second-order valence-corrected chi connectivity index (χ2v) is 5.38. The van der Waals surface area contributed by atoms with Crippen molar-refractivity contribution in [2.24, 2.45) is 7.05 Å². The molecule has 2 aromatic rings. The van der Waals surface area contributed by atoms with Crippen molar-refractivity contribution >= 4 is 0 Å². The van der Waals surface area contributed by atoms with E-state index in [9.17, 15) is 0 Å². The fraction of sp³-hybridized carbons (Fsp3) is 0.438. The van der Waals surface area contributed by atoms with Gasteiger partial charge in [-0.2, -0.15) is 5.10 Å². The number of aromatic nitrogens is 2. The van der Waals surface area contributed by atoms with Crippen LogP contribution < -0.4 is 14.8 Å². The Morgan fingerprint density at radius 1 is 1.29 bits per heavy atom. The Balaban J connectivity index is 1.68. The Hall–Kier alpha value is -2.01. The van der Waals surface area contributed by atoms with Crippen LogP contribution in [0.5, 0.6) is 11.5 Å². The van der Waals surface area contributed by atoms with E-state index in [1.165, 1.54) is 16.8 Å². The highest BCUT2D eigenvalue weighted by atomic mass is 16.6. The summed E-state index contributed by atoms with van der Waals surface area (Å²) in [4.78, 5) is 0. The largest absolute Gasteiger partial charge is 0.486 e. The molecule has 2 heterocycles. The van der Waals surface area contributed by atoms with E-state index in [-0.39, 0.29) is 6.04 Å². The van der Waals surface area contributed by atoms with Gasteiger partial charge in [-0.05, 0) is 31.5 Å². The number of benzene rings is 1. The minimum absolute atomic E-state index is 0.237. The number of fused-ring (bicyclic) bond motifs is 1. The van der Waals surface area contributed by atoms with Gasteiger partial charge in [-0.25, -0.2) is 0 Å². The van der Waals surface area contributed by atoms with Crippen molar-refractivity contribution in [2.45, 2.75) is 26.4 Å². The van der Waals surface area contributed by atoms with Gasteiger partial charge in [0.05, 0.1) is 6.20 Å². The molecule has 1 atom stereocenters. The van der Waals surface area contributed by atoms with Gasteiger partial charge < -0.3 is 14.8 Å². The van der Waals surface area contributed by atoms with Crippen molar-refractivity contribution < 1.29 is 9.47 Å². The first-order valence-electron chi connectivity index (χ1n) is 7.25. The van der Waals surface area contributed by atoms with E-state index in [1.54, 1.807) is 0 Å². The molecule has 3 rings (SSSR count). The molecule has 0 aliphatic carbocycles. The van der Waals surface area contributed by atoms with Crippen molar-refractivity contribution in [3.63, 3.8) is 0 Å². The summed E-state index contributed by atoms with van der Waals surface area (Å²) in [7, 11) is 1.96.